The molecule has 0 spiro atoms. The highest BCUT2D eigenvalue weighted by Gasteiger charge is 2.18. The van der Waals surface area contributed by atoms with Gasteiger partial charge in [-0.3, -0.25) is 0 Å². The molecular weight excluding hydrogens is 271 g/mol. The highest BCUT2D eigenvalue weighted by molar-refractivity contribution is 7.89. The summed E-state index contributed by atoms with van der Waals surface area (Å²) < 4.78 is 44.6. The van der Waals surface area contributed by atoms with Crippen molar-refractivity contribution < 1.29 is 17.5 Å². The second-order valence-corrected chi connectivity index (χ2v) is 5.66. The SMILES string of the molecule is CCNCc1ccc(F)cc1S(=O)(=O)NCCOC. The summed E-state index contributed by atoms with van der Waals surface area (Å²) in [4.78, 5) is -0.0375. The first-order chi connectivity index (χ1) is 9.01. The van der Waals surface area contributed by atoms with Gasteiger partial charge in [-0.25, -0.2) is 17.5 Å². The minimum atomic E-state index is -3.73. The van der Waals surface area contributed by atoms with Crippen LogP contribution in [0.1, 0.15) is 12.5 Å². The van der Waals surface area contributed by atoms with E-state index in [1.54, 1.807) is 0 Å². The van der Waals surface area contributed by atoms with Crippen molar-refractivity contribution in [2.24, 2.45) is 0 Å². The molecule has 0 atom stereocenters. The van der Waals surface area contributed by atoms with Crippen LogP contribution in [0.2, 0.25) is 0 Å². The van der Waals surface area contributed by atoms with E-state index in [0.29, 0.717) is 18.7 Å². The molecule has 108 valence electrons. The Morgan fingerprint density at radius 1 is 1.37 bits per heavy atom. The van der Waals surface area contributed by atoms with Crippen molar-refractivity contribution in [1.82, 2.24) is 10.0 Å². The van der Waals surface area contributed by atoms with Crippen LogP contribution in [0.15, 0.2) is 23.1 Å². The molecule has 1 aromatic carbocycles. The van der Waals surface area contributed by atoms with Gasteiger partial charge in [0.2, 0.25) is 10.0 Å². The quantitative estimate of drug-likeness (QED) is 0.697. The molecule has 19 heavy (non-hydrogen) atoms. The number of rotatable bonds is 8. The molecule has 5 nitrogen and oxygen atoms in total. The van der Waals surface area contributed by atoms with Crippen LogP contribution in [0, 0.1) is 5.82 Å². The van der Waals surface area contributed by atoms with Gasteiger partial charge in [0.25, 0.3) is 0 Å². The fourth-order valence-electron chi connectivity index (χ4n) is 1.54. The van der Waals surface area contributed by atoms with Gasteiger partial charge >= 0.3 is 0 Å². The molecule has 0 aliphatic carbocycles. The van der Waals surface area contributed by atoms with Crippen LogP contribution in [0.4, 0.5) is 4.39 Å². The van der Waals surface area contributed by atoms with Crippen LogP contribution in [0.3, 0.4) is 0 Å². The molecule has 0 aliphatic heterocycles. The molecule has 0 aliphatic rings. The van der Waals surface area contributed by atoms with Crippen molar-refractivity contribution in [2.45, 2.75) is 18.4 Å². The number of halogens is 1. The highest BCUT2D eigenvalue weighted by atomic mass is 32.2. The average molecular weight is 290 g/mol. The van der Waals surface area contributed by atoms with Gasteiger partial charge in [0.1, 0.15) is 5.82 Å². The predicted molar refractivity (Wildman–Crippen MR) is 70.8 cm³/mol. The Kier molecular flexibility index (Phi) is 6.36. The van der Waals surface area contributed by atoms with Crippen LogP contribution in [-0.2, 0) is 21.3 Å². The molecule has 0 bridgehead atoms. The standard InChI is InChI=1S/C12H19FN2O3S/c1-3-14-9-10-4-5-11(13)8-12(10)19(16,17)15-6-7-18-2/h4-5,8,14-15H,3,6-7,9H2,1-2H3. The topological polar surface area (TPSA) is 67.4 Å². The molecule has 2 N–H and O–H groups in total. The lowest BCUT2D eigenvalue weighted by Crippen LogP contribution is -2.28. The van der Waals surface area contributed by atoms with Gasteiger partial charge < -0.3 is 10.1 Å². The molecule has 0 heterocycles. The fourth-order valence-corrected chi connectivity index (χ4v) is 2.80. The summed E-state index contributed by atoms with van der Waals surface area (Å²) in [5.74, 6) is -0.577. The summed E-state index contributed by atoms with van der Waals surface area (Å²) in [6.07, 6.45) is 0. The van der Waals surface area contributed by atoms with Gasteiger partial charge in [-0.2, -0.15) is 0 Å². The maximum absolute atomic E-state index is 13.3. The van der Waals surface area contributed by atoms with E-state index in [0.717, 1.165) is 6.07 Å². The van der Waals surface area contributed by atoms with E-state index in [2.05, 4.69) is 10.0 Å². The average Bonchev–Trinajstić information content (AvgIpc) is 2.37. The van der Waals surface area contributed by atoms with Gasteiger partial charge in [0, 0.05) is 20.2 Å². The van der Waals surface area contributed by atoms with E-state index in [4.69, 9.17) is 4.74 Å². The zero-order valence-corrected chi connectivity index (χ0v) is 11.9. The summed E-state index contributed by atoms with van der Waals surface area (Å²) in [5, 5.41) is 3.02. The summed E-state index contributed by atoms with van der Waals surface area (Å²) >= 11 is 0. The third kappa shape index (κ3) is 4.87. The number of hydrogen-bond donors (Lipinski definition) is 2. The number of sulfonamides is 1. The molecule has 0 unspecified atom stereocenters. The van der Waals surface area contributed by atoms with Crippen molar-refractivity contribution in [3.8, 4) is 0 Å². The number of nitrogens with one attached hydrogen (secondary N) is 2. The Morgan fingerprint density at radius 2 is 2.11 bits per heavy atom. The Morgan fingerprint density at radius 3 is 2.74 bits per heavy atom. The molecule has 0 saturated carbocycles. The maximum atomic E-state index is 13.3. The van der Waals surface area contributed by atoms with Crippen molar-refractivity contribution in [1.29, 1.82) is 0 Å². The third-order valence-electron chi connectivity index (χ3n) is 2.48. The lowest BCUT2D eigenvalue weighted by Gasteiger charge is -2.12. The maximum Gasteiger partial charge on any atom is 0.241 e. The van der Waals surface area contributed by atoms with E-state index in [-0.39, 0.29) is 18.0 Å². The predicted octanol–water partition coefficient (Wildman–Crippen LogP) is 0.860. The normalized spacial score (nSPS) is 11.7. The molecule has 0 fully saturated rings. The summed E-state index contributed by atoms with van der Waals surface area (Å²) in [6.45, 7) is 3.40. The van der Waals surface area contributed by atoms with Gasteiger partial charge in [-0.1, -0.05) is 13.0 Å². The lowest BCUT2D eigenvalue weighted by molar-refractivity contribution is 0.204. The molecule has 1 aromatic rings. The monoisotopic (exact) mass is 290 g/mol. The minimum Gasteiger partial charge on any atom is -0.383 e. The molecule has 0 saturated heterocycles. The first-order valence-corrected chi connectivity index (χ1v) is 7.47. The lowest BCUT2D eigenvalue weighted by atomic mass is 10.2. The largest absolute Gasteiger partial charge is 0.383 e. The number of methoxy groups -OCH3 is 1. The van der Waals surface area contributed by atoms with Gasteiger partial charge in [0.15, 0.2) is 0 Å². The first-order valence-electron chi connectivity index (χ1n) is 5.99. The smallest absolute Gasteiger partial charge is 0.241 e. The Hall–Kier alpha value is -1.02. The van der Waals surface area contributed by atoms with Crippen molar-refractivity contribution >= 4 is 10.0 Å². The zero-order chi connectivity index (χ0) is 14.3. The Labute approximate surface area is 113 Å². The van der Waals surface area contributed by atoms with Crippen LogP contribution >= 0.6 is 0 Å². The molecule has 0 aromatic heterocycles. The van der Waals surface area contributed by atoms with E-state index in [1.807, 2.05) is 6.92 Å². The highest BCUT2D eigenvalue weighted by Crippen LogP contribution is 2.17. The number of ether oxygens (including phenoxy) is 1. The first kappa shape index (κ1) is 16.0. The van der Waals surface area contributed by atoms with Crippen molar-refractivity contribution in [2.75, 3.05) is 26.8 Å². The van der Waals surface area contributed by atoms with Gasteiger partial charge in [-0.15, -0.1) is 0 Å². The van der Waals surface area contributed by atoms with Crippen LogP contribution in [0.25, 0.3) is 0 Å². The molecule has 0 amide bonds. The van der Waals surface area contributed by atoms with E-state index >= 15 is 0 Å². The molecular formula is C12H19FN2O3S. The fraction of sp³-hybridized carbons (Fsp3) is 0.500. The Bertz CT molecular complexity index is 506. The molecule has 7 heteroatoms. The van der Waals surface area contributed by atoms with Gasteiger partial charge in [0.05, 0.1) is 11.5 Å². The third-order valence-corrected chi connectivity index (χ3v) is 4.03. The van der Waals surface area contributed by atoms with Crippen molar-refractivity contribution in [3.63, 3.8) is 0 Å². The van der Waals surface area contributed by atoms with E-state index < -0.39 is 15.8 Å². The number of hydrogen-bond acceptors (Lipinski definition) is 4. The van der Waals surface area contributed by atoms with Crippen LogP contribution < -0.4 is 10.0 Å². The van der Waals surface area contributed by atoms with Gasteiger partial charge in [-0.05, 0) is 24.2 Å². The van der Waals surface area contributed by atoms with E-state index in [9.17, 15) is 12.8 Å². The number of benzene rings is 1. The Balaban J connectivity index is 2.98. The minimum absolute atomic E-state index is 0.0375. The van der Waals surface area contributed by atoms with Crippen LogP contribution in [-0.4, -0.2) is 35.2 Å². The zero-order valence-electron chi connectivity index (χ0n) is 11.1. The van der Waals surface area contributed by atoms with E-state index in [1.165, 1.54) is 19.2 Å². The second kappa shape index (κ2) is 7.54. The summed E-state index contributed by atoms with van der Waals surface area (Å²) in [5.41, 5.74) is 0.535. The molecule has 0 radical (unpaired) electrons. The van der Waals surface area contributed by atoms with Crippen molar-refractivity contribution in [3.05, 3.63) is 29.6 Å². The summed E-state index contributed by atoms with van der Waals surface area (Å²) in [7, 11) is -2.25. The summed E-state index contributed by atoms with van der Waals surface area (Å²) in [6, 6.07) is 3.76. The second-order valence-electron chi connectivity index (χ2n) is 3.92. The van der Waals surface area contributed by atoms with Crippen LogP contribution in [0.5, 0.6) is 0 Å². The molecule has 1 rings (SSSR count).